The van der Waals surface area contributed by atoms with Crippen molar-refractivity contribution < 1.29 is 14.3 Å². The van der Waals surface area contributed by atoms with Gasteiger partial charge in [-0.05, 0) is 36.6 Å². The van der Waals surface area contributed by atoms with Crippen LogP contribution in [0.4, 0.5) is 0 Å². The van der Waals surface area contributed by atoms with Gasteiger partial charge in [0.2, 0.25) is 0 Å². The van der Waals surface area contributed by atoms with E-state index in [-0.39, 0.29) is 11.8 Å². The number of rotatable bonds is 6. The Labute approximate surface area is 170 Å². The Kier molecular flexibility index (Phi) is 5.51. The van der Waals surface area contributed by atoms with Crippen LogP contribution in [-0.4, -0.2) is 35.9 Å². The fourth-order valence-corrected chi connectivity index (χ4v) is 3.86. The minimum atomic E-state index is -0.105. The summed E-state index contributed by atoms with van der Waals surface area (Å²) in [5, 5.41) is 7.57. The molecule has 2 heterocycles. The number of ether oxygens (including phenoxy) is 2. The van der Waals surface area contributed by atoms with Gasteiger partial charge in [-0.3, -0.25) is 4.79 Å². The van der Waals surface area contributed by atoms with E-state index in [1.54, 1.807) is 18.0 Å². The molecule has 0 aliphatic carbocycles. The number of carbonyl (C=O) groups excluding carboxylic acids is 1. The van der Waals surface area contributed by atoms with Crippen molar-refractivity contribution in [3.63, 3.8) is 0 Å². The highest BCUT2D eigenvalue weighted by molar-refractivity contribution is 5.95. The van der Waals surface area contributed by atoms with E-state index in [0.717, 1.165) is 34.9 Å². The molecular formula is C23H25N3O3. The first-order valence-electron chi connectivity index (χ1n) is 9.93. The average molecular weight is 391 g/mol. The van der Waals surface area contributed by atoms with Crippen LogP contribution in [0.2, 0.25) is 0 Å². The van der Waals surface area contributed by atoms with Crippen molar-refractivity contribution >= 4 is 5.91 Å². The number of methoxy groups -OCH3 is 1. The van der Waals surface area contributed by atoms with Gasteiger partial charge in [0, 0.05) is 12.5 Å². The quantitative estimate of drug-likeness (QED) is 0.695. The van der Waals surface area contributed by atoms with Crippen LogP contribution in [0.5, 0.6) is 11.5 Å². The Bertz CT molecular complexity index is 1010. The van der Waals surface area contributed by atoms with Crippen LogP contribution in [0.3, 0.4) is 0 Å². The van der Waals surface area contributed by atoms with Crippen LogP contribution < -0.4 is 14.8 Å². The summed E-state index contributed by atoms with van der Waals surface area (Å²) < 4.78 is 13.0. The van der Waals surface area contributed by atoms with Gasteiger partial charge in [0.1, 0.15) is 17.2 Å². The van der Waals surface area contributed by atoms with Crippen molar-refractivity contribution in [2.45, 2.75) is 25.7 Å². The van der Waals surface area contributed by atoms with E-state index >= 15 is 0 Å². The van der Waals surface area contributed by atoms with Crippen LogP contribution >= 0.6 is 0 Å². The molecule has 1 unspecified atom stereocenters. The number of nitrogens with zero attached hydrogens (tertiary/aromatic N) is 2. The maximum atomic E-state index is 13.0. The van der Waals surface area contributed by atoms with Crippen LogP contribution in [-0.2, 0) is 6.42 Å². The number of nitrogens with one attached hydrogen (secondary N) is 1. The zero-order chi connectivity index (χ0) is 20.2. The zero-order valence-electron chi connectivity index (χ0n) is 16.7. The molecule has 0 saturated heterocycles. The molecule has 150 valence electrons. The van der Waals surface area contributed by atoms with Gasteiger partial charge in [0.25, 0.3) is 5.91 Å². The standard InChI is InChI=1S/C23H25N3O3/c1-3-19-18(15-25-26(19)20-9-5-7-11-22(20)28-2)23(27)24-14-16-12-13-29-21-10-6-4-8-17(16)21/h4-11,15-16H,3,12-14H2,1-2H3,(H,24,27). The predicted molar refractivity (Wildman–Crippen MR) is 111 cm³/mol. The Morgan fingerprint density at radius 1 is 1.24 bits per heavy atom. The summed E-state index contributed by atoms with van der Waals surface area (Å²) >= 11 is 0. The smallest absolute Gasteiger partial charge is 0.254 e. The number of carbonyl (C=O) groups is 1. The van der Waals surface area contributed by atoms with Crippen LogP contribution in [0.1, 0.15) is 40.9 Å². The second-order valence-corrected chi connectivity index (χ2v) is 7.02. The van der Waals surface area contributed by atoms with Crippen LogP contribution in [0.15, 0.2) is 54.7 Å². The van der Waals surface area contributed by atoms with Crippen molar-refractivity contribution in [2.75, 3.05) is 20.3 Å². The number of hydrogen-bond acceptors (Lipinski definition) is 4. The molecule has 0 spiro atoms. The Hall–Kier alpha value is -3.28. The monoisotopic (exact) mass is 391 g/mol. The highest BCUT2D eigenvalue weighted by Crippen LogP contribution is 2.33. The van der Waals surface area contributed by atoms with Gasteiger partial charge >= 0.3 is 0 Å². The van der Waals surface area contributed by atoms with Gasteiger partial charge in [-0.25, -0.2) is 4.68 Å². The molecule has 6 heteroatoms. The van der Waals surface area contributed by atoms with E-state index in [2.05, 4.69) is 16.5 Å². The molecule has 1 atom stereocenters. The highest BCUT2D eigenvalue weighted by Gasteiger charge is 2.23. The summed E-state index contributed by atoms with van der Waals surface area (Å²) in [4.78, 5) is 13.0. The van der Waals surface area contributed by atoms with E-state index in [1.165, 1.54) is 0 Å². The SMILES string of the molecule is CCc1c(C(=O)NCC2CCOc3ccccc32)cnn1-c1ccccc1OC. The van der Waals surface area contributed by atoms with Gasteiger partial charge in [0.15, 0.2) is 0 Å². The van der Waals surface area contributed by atoms with Crippen molar-refractivity contribution in [1.29, 1.82) is 0 Å². The minimum Gasteiger partial charge on any atom is -0.494 e. The van der Waals surface area contributed by atoms with Crippen molar-refractivity contribution in [3.05, 3.63) is 71.5 Å². The molecule has 3 aromatic rings. The zero-order valence-corrected chi connectivity index (χ0v) is 16.7. The molecular weight excluding hydrogens is 366 g/mol. The lowest BCUT2D eigenvalue weighted by Gasteiger charge is -2.26. The average Bonchev–Trinajstić information content (AvgIpc) is 3.21. The second kappa shape index (κ2) is 8.39. The fraction of sp³-hybridized carbons (Fsp3) is 0.304. The van der Waals surface area contributed by atoms with E-state index in [0.29, 0.717) is 25.1 Å². The summed E-state index contributed by atoms with van der Waals surface area (Å²) in [5.74, 6) is 1.78. The van der Waals surface area contributed by atoms with E-state index in [1.807, 2.05) is 49.4 Å². The Balaban J connectivity index is 1.54. The minimum absolute atomic E-state index is 0.105. The topological polar surface area (TPSA) is 65.4 Å². The fourth-order valence-electron chi connectivity index (χ4n) is 3.86. The normalized spacial score (nSPS) is 15.3. The first-order valence-corrected chi connectivity index (χ1v) is 9.93. The van der Waals surface area contributed by atoms with Gasteiger partial charge in [0.05, 0.1) is 31.2 Å². The molecule has 1 N–H and O–H groups in total. The lowest BCUT2D eigenvalue weighted by atomic mass is 9.93. The van der Waals surface area contributed by atoms with E-state index in [4.69, 9.17) is 9.47 Å². The summed E-state index contributed by atoms with van der Waals surface area (Å²) in [6.07, 6.45) is 3.21. The maximum Gasteiger partial charge on any atom is 0.254 e. The molecule has 2 aromatic carbocycles. The number of amides is 1. The number of benzene rings is 2. The highest BCUT2D eigenvalue weighted by atomic mass is 16.5. The largest absolute Gasteiger partial charge is 0.494 e. The van der Waals surface area contributed by atoms with Gasteiger partial charge in [-0.2, -0.15) is 5.10 Å². The first kappa shape index (κ1) is 19.1. The molecule has 1 aliphatic rings. The van der Waals surface area contributed by atoms with Crippen LogP contribution in [0, 0.1) is 0 Å². The van der Waals surface area contributed by atoms with E-state index in [9.17, 15) is 4.79 Å². The van der Waals surface area contributed by atoms with E-state index < -0.39 is 0 Å². The molecule has 0 bridgehead atoms. The third-order valence-electron chi connectivity index (χ3n) is 5.35. The number of para-hydroxylation sites is 3. The molecule has 1 aliphatic heterocycles. The number of hydrogen-bond donors (Lipinski definition) is 1. The van der Waals surface area contributed by atoms with Crippen molar-refractivity contribution in [2.24, 2.45) is 0 Å². The molecule has 0 radical (unpaired) electrons. The molecule has 1 amide bonds. The maximum absolute atomic E-state index is 13.0. The van der Waals surface area contributed by atoms with Gasteiger partial charge in [-0.1, -0.05) is 37.3 Å². The predicted octanol–water partition coefficient (Wildman–Crippen LogP) is 3.74. The number of aromatic nitrogens is 2. The summed E-state index contributed by atoms with van der Waals surface area (Å²) in [6.45, 7) is 3.26. The lowest BCUT2D eigenvalue weighted by molar-refractivity contribution is 0.0947. The van der Waals surface area contributed by atoms with Gasteiger partial charge in [-0.15, -0.1) is 0 Å². The summed E-state index contributed by atoms with van der Waals surface area (Å²) in [5.41, 5.74) is 3.43. The van der Waals surface area contributed by atoms with Crippen molar-refractivity contribution in [3.8, 4) is 17.2 Å². The molecule has 6 nitrogen and oxygen atoms in total. The molecule has 4 rings (SSSR count). The third kappa shape index (κ3) is 3.70. The summed E-state index contributed by atoms with van der Waals surface area (Å²) in [6, 6.07) is 15.7. The molecule has 0 fully saturated rings. The molecule has 1 aromatic heterocycles. The van der Waals surface area contributed by atoms with Gasteiger partial charge < -0.3 is 14.8 Å². The second-order valence-electron chi connectivity index (χ2n) is 7.02. The summed E-state index contributed by atoms with van der Waals surface area (Å²) in [7, 11) is 1.63. The Morgan fingerprint density at radius 2 is 2.03 bits per heavy atom. The third-order valence-corrected chi connectivity index (χ3v) is 5.35. The first-order chi connectivity index (χ1) is 14.2. The Morgan fingerprint density at radius 3 is 2.86 bits per heavy atom. The molecule has 29 heavy (non-hydrogen) atoms. The molecule has 0 saturated carbocycles. The van der Waals surface area contributed by atoms with Crippen LogP contribution in [0.25, 0.3) is 5.69 Å². The van der Waals surface area contributed by atoms with Crippen molar-refractivity contribution in [1.82, 2.24) is 15.1 Å². The number of fused-ring (bicyclic) bond motifs is 1. The lowest BCUT2D eigenvalue weighted by Crippen LogP contribution is -2.31.